The highest BCUT2D eigenvalue weighted by Gasteiger charge is 2.36. The second-order valence-corrected chi connectivity index (χ2v) is 9.38. The molecule has 3 rings (SSSR count). The Bertz CT molecular complexity index is 1010. The largest absolute Gasteiger partial charge is 0.493 e. The van der Waals surface area contributed by atoms with E-state index >= 15 is 0 Å². The summed E-state index contributed by atoms with van der Waals surface area (Å²) < 4.78 is 27.9. The average Bonchev–Trinajstić information content (AvgIpc) is 2.89. The molecule has 8 heteroatoms. The van der Waals surface area contributed by atoms with Crippen LogP contribution in [0.3, 0.4) is 0 Å². The van der Waals surface area contributed by atoms with Gasteiger partial charge in [-0.1, -0.05) is 19.4 Å². The Morgan fingerprint density at radius 1 is 1.03 bits per heavy atom. The molecule has 0 aromatic heterocycles. The van der Waals surface area contributed by atoms with Gasteiger partial charge in [-0.25, -0.2) is 4.79 Å². The molecule has 1 heterocycles. The molecule has 8 nitrogen and oxygen atoms in total. The Labute approximate surface area is 218 Å². The summed E-state index contributed by atoms with van der Waals surface area (Å²) in [6.07, 6.45) is 6.17. The fourth-order valence-corrected chi connectivity index (χ4v) is 4.05. The predicted molar refractivity (Wildman–Crippen MR) is 139 cm³/mol. The smallest absolute Gasteiger partial charge is 0.343 e. The maximum atomic E-state index is 12.7. The molecule has 1 N–H and O–H groups in total. The number of esters is 1. The summed E-state index contributed by atoms with van der Waals surface area (Å²) in [5.41, 5.74) is 1.55. The van der Waals surface area contributed by atoms with Crippen molar-refractivity contribution in [1.82, 2.24) is 0 Å². The van der Waals surface area contributed by atoms with Gasteiger partial charge in [0.15, 0.2) is 17.8 Å². The first-order chi connectivity index (χ1) is 18.0. The summed E-state index contributed by atoms with van der Waals surface area (Å²) in [4.78, 5) is 24.1. The van der Waals surface area contributed by atoms with E-state index in [1.165, 1.54) is 7.11 Å². The Balaban J connectivity index is 1.41. The molecule has 0 unspecified atom stereocenters. The van der Waals surface area contributed by atoms with Gasteiger partial charge in [-0.3, -0.25) is 4.79 Å². The van der Waals surface area contributed by atoms with Crippen molar-refractivity contribution in [2.75, 3.05) is 46.8 Å². The maximum Gasteiger partial charge on any atom is 0.343 e. The fourth-order valence-electron chi connectivity index (χ4n) is 4.05. The molecule has 1 aliphatic rings. The van der Waals surface area contributed by atoms with Crippen LogP contribution in [-0.4, -0.2) is 64.1 Å². The summed E-state index contributed by atoms with van der Waals surface area (Å²) in [7, 11) is 1.51. The molecule has 37 heavy (non-hydrogen) atoms. The van der Waals surface area contributed by atoms with E-state index in [-0.39, 0.29) is 28.9 Å². The number of hydrogen-bond donors (Lipinski definition) is 1. The van der Waals surface area contributed by atoms with Gasteiger partial charge in [0, 0.05) is 18.6 Å². The molecule has 0 bridgehead atoms. The van der Waals surface area contributed by atoms with Crippen LogP contribution in [0.5, 0.6) is 17.2 Å². The molecular weight excluding hydrogens is 476 g/mol. The highest BCUT2D eigenvalue weighted by molar-refractivity contribution is 5.93. The Morgan fingerprint density at radius 2 is 1.78 bits per heavy atom. The number of ether oxygens (including phenoxy) is 5. The molecular formula is C29H38O8. The minimum absolute atomic E-state index is 0.0310. The summed E-state index contributed by atoms with van der Waals surface area (Å²) in [6, 6.07) is 9.71. The van der Waals surface area contributed by atoms with E-state index in [0.717, 1.165) is 64.1 Å². The van der Waals surface area contributed by atoms with Crippen molar-refractivity contribution in [3.8, 4) is 17.2 Å². The molecule has 1 fully saturated rings. The zero-order valence-electron chi connectivity index (χ0n) is 21.8. The lowest BCUT2D eigenvalue weighted by Crippen LogP contribution is -2.45. The first-order valence-electron chi connectivity index (χ1n) is 12.9. The lowest BCUT2D eigenvalue weighted by molar-refractivity contribution is -0.150. The number of unbranched alkanes of at least 4 members (excludes halogenated alkanes) is 3. The fraction of sp³-hybridized carbons (Fsp3) is 0.517. The van der Waals surface area contributed by atoms with Crippen LogP contribution in [0.15, 0.2) is 36.4 Å². The molecule has 0 aliphatic carbocycles. The van der Waals surface area contributed by atoms with Crippen molar-refractivity contribution < 1.29 is 38.4 Å². The number of carbonyl (C=O) groups excluding carboxylic acids is 2. The van der Waals surface area contributed by atoms with E-state index in [4.69, 9.17) is 28.8 Å². The molecule has 0 saturated carbocycles. The van der Waals surface area contributed by atoms with Gasteiger partial charge in [0.05, 0.1) is 44.7 Å². The van der Waals surface area contributed by atoms with E-state index in [0.29, 0.717) is 30.8 Å². The number of carbonyl (C=O) groups is 2. The lowest BCUT2D eigenvalue weighted by Gasteiger charge is -2.40. The van der Waals surface area contributed by atoms with Crippen LogP contribution in [0.2, 0.25) is 0 Å². The molecule has 0 spiro atoms. The predicted octanol–water partition coefficient (Wildman–Crippen LogP) is 4.64. The lowest BCUT2D eigenvalue weighted by atomic mass is 9.84. The van der Waals surface area contributed by atoms with Crippen molar-refractivity contribution in [2.24, 2.45) is 5.41 Å². The number of aldehydes is 1. The summed E-state index contributed by atoms with van der Waals surface area (Å²) >= 11 is 0. The van der Waals surface area contributed by atoms with Crippen molar-refractivity contribution in [1.29, 1.82) is 0 Å². The summed E-state index contributed by atoms with van der Waals surface area (Å²) in [5.74, 6) is 0.534. The van der Waals surface area contributed by atoms with Gasteiger partial charge >= 0.3 is 5.97 Å². The molecule has 1 saturated heterocycles. The van der Waals surface area contributed by atoms with Crippen molar-refractivity contribution >= 4 is 12.3 Å². The molecule has 2 aromatic carbocycles. The third-order valence-corrected chi connectivity index (χ3v) is 6.62. The third-order valence-electron chi connectivity index (χ3n) is 6.62. The van der Waals surface area contributed by atoms with Crippen molar-refractivity contribution in [2.45, 2.75) is 45.4 Å². The van der Waals surface area contributed by atoms with Crippen LogP contribution in [0, 0.1) is 5.41 Å². The number of aliphatic hydroxyl groups excluding tert-OH is 1. The second-order valence-electron chi connectivity index (χ2n) is 9.38. The number of rotatable bonds is 17. The number of hydrogen-bond acceptors (Lipinski definition) is 8. The quantitative estimate of drug-likeness (QED) is 0.141. The van der Waals surface area contributed by atoms with Crippen LogP contribution in [0.4, 0.5) is 0 Å². The molecule has 2 aromatic rings. The Kier molecular flexibility index (Phi) is 11.4. The van der Waals surface area contributed by atoms with Crippen molar-refractivity contribution in [3.63, 3.8) is 0 Å². The van der Waals surface area contributed by atoms with Crippen LogP contribution in [-0.2, 0) is 15.9 Å². The molecule has 0 amide bonds. The minimum Gasteiger partial charge on any atom is -0.493 e. The van der Waals surface area contributed by atoms with Gasteiger partial charge in [0.2, 0.25) is 0 Å². The zero-order chi connectivity index (χ0) is 26.5. The van der Waals surface area contributed by atoms with Crippen LogP contribution >= 0.6 is 0 Å². The van der Waals surface area contributed by atoms with E-state index < -0.39 is 5.97 Å². The van der Waals surface area contributed by atoms with Gasteiger partial charge < -0.3 is 28.8 Å². The highest BCUT2D eigenvalue weighted by Crippen LogP contribution is 2.31. The van der Waals surface area contributed by atoms with E-state index in [1.807, 2.05) is 0 Å². The van der Waals surface area contributed by atoms with Crippen LogP contribution < -0.4 is 14.2 Å². The standard InChI is InChI=1S/C29H38O8/c1-3-29(20-35-21-29)19-34-14-6-4-5-7-15-36-26-11-9-23(17-27(26)33-2)28(32)37-25-10-8-22(12-13-30)16-24(25)18-31/h8-11,16-18,30H,3-7,12-15,19-21H2,1-2H3. The van der Waals surface area contributed by atoms with Crippen LogP contribution in [0.1, 0.15) is 65.3 Å². The van der Waals surface area contributed by atoms with E-state index in [2.05, 4.69) is 6.92 Å². The third kappa shape index (κ3) is 8.28. The normalized spacial score (nSPS) is 14.0. The van der Waals surface area contributed by atoms with E-state index in [1.54, 1.807) is 36.4 Å². The first kappa shape index (κ1) is 28.6. The van der Waals surface area contributed by atoms with Gasteiger partial charge in [-0.15, -0.1) is 0 Å². The average molecular weight is 515 g/mol. The molecule has 0 radical (unpaired) electrons. The number of benzene rings is 2. The number of methoxy groups -OCH3 is 1. The van der Waals surface area contributed by atoms with Gasteiger partial charge in [0.1, 0.15) is 5.75 Å². The van der Waals surface area contributed by atoms with Crippen molar-refractivity contribution in [3.05, 3.63) is 53.1 Å². The second kappa shape index (κ2) is 14.7. The SMILES string of the molecule is CCC1(COCCCCCCOc2ccc(C(=O)Oc3ccc(CCO)cc3C=O)cc2OC)COC1. The topological polar surface area (TPSA) is 101 Å². The van der Waals surface area contributed by atoms with Gasteiger partial charge in [0.25, 0.3) is 0 Å². The highest BCUT2D eigenvalue weighted by atomic mass is 16.5. The van der Waals surface area contributed by atoms with E-state index in [9.17, 15) is 9.59 Å². The Morgan fingerprint density at radius 3 is 2.43 bits per heavy atom. The molecule has 202 valence electrons. The van der Waals surface area contributed by atoms with Crippen LogP contribution in [0.25, 0.3) is 0 Å². The zero-order valence-corrected chi connectivity index (χ0v) is 21.8. The monoisotopic (exact) mass is 514 g/mol. The Hall–Kier alpha value is -2.94. The molecule has 0 atom stereocenters. The number of aliphatic hydroxyl groups is 1. The van der Waals surface area contributed by atoms with Gasteiger partial charge in [-0.05, 0) is 68.0 Å². The summed E-state index contributed by atoms with van der Waals surface area (Å²) in [5, 5.41) is 9.07. The summed E-state index contributed by atoms with van der Waals surface area (Å²) in [6.45, 7) is 5.88. The maximum absolute atomic E-state index is 12.7. The van der Waals surface area contributed by atoms with Gasteiger partial charge in [-0.2, -0.15) is 0 Å². The first-order valence-corrected chi connectivity index (χ1v) is 12.9. The molecule has 1 aliphatic heterocycles. The minimum atomic E-state index is -0.611.